The summed E-state index contributed by atoms with van der Waals surface area (Å²) in [5, 5.41) is 3.12. The standard InChI is InChI=1S/C24H19F2N3O3/c1-14-10-19-18(23(30)24(31)28-17-8-9-27-22(12-17)32-2)4-3-5-21(19)29(14)13-15-6-7-16(25)11-20(15)26/h3-12H,13H2,1-2H3,(H,27,28,31). The average Bonchev–Trinajstić information content (AvgIpc) is 3.10. The minimum Gasteiger partial charge on any atom is -0.481 e. The van der Waals surface area contributed by atoms with E-state index in [0.717, 1.165) is 11.8 Å². The Bertz CT molecular complexity index is 1350. The molecule has 8 heteroatoms. The first-order chi connectivity index (χ1) is 15.4. The Labute approximate surface area is 182 Å². The van der Waals surface area contributed by atoms with Crippen molar-refractivity contribution in [1.29, 1.82) is 0 Å². The smallest absolute Gasteiger partial charge is 0.296 e. The number of Topliss-reactive ketones (excluding diaryl/α,β-unsaturated/α-hetero) is 1. The molecular formula is C24H19F2N3O3. The van der Waals surface area contributed by atoms with Crippen molar-refractivity contribution in [2.45, 2.75) is 13.5 Å². The SMILES string of the molecule is COc1cc(NC(=O)C(=O)c2cccc3c2cc(C)n3Cc2ccc(F)cc2F)ccn1. The number of ketones is 1. The van der Waals surface area contributed by atoms with Gasteiger partial charge in [-0.25, -0.2) is 13.8 Å². The lowest BCUT2D eigenvalue weighted by Crippen LogP contribution is -2.23. The fourth-order valence-electron chi connectivity index (χ4n) is 3.55. The Morgan fingerprint density at radius 3 is 2.66 bits per heavy atom. The van der Waals surface area contributed by atoms with E-state index in [9.17, 15) is 18.4 Å². The molecule has 0 bridgehead atoms. The van der Waals surface area contributed by atoms with Crippen LogP contribution in [0.15, 0.2) is 60.8 Å². The van der Waals surface area contributed by atoms with Crippen LogP contribution in [-0.2, 0) is 11.3 Å². The van der Waals surface area contributed by atoms with Gasteiger partial charge in [0.05, 0.1) is 13.7 Å². The number of aromatic nitrogens is 2. The van der Waals surface area contributed by atoms with Crippen molar-refractivity contribution in [3.63, 3.8) is 0 Å². The van der Waals surface area contributed by atoms with Crippen LogP contribution >= 0.6 is 0 Å². The van der Waals surface area contributed by atoms with Crippen molar-refractivity contribution in [2.75, 3.05) is 12.4 Å². The van der Waals surface area contributed by atoms with Crippen LogP contribution in [0.5, 0.6) is 5.88 Å². The number of amides is 1. The monoisotopic (exact) mass is 435 g/mol. The van der Waals surface area contributed by atoms with Gasteiger partial charge >= 0.3 is 0 Å². The van der Waals surface area contributed by atoms with E-state index in [2.05, 4.69) is 10.3 Å². The molecule has 2 aromatic carbocycles. The summed E-state index contributed by atoms with van der Waals surface area (Å²) in [7, 11) is 1.45. The molecule has 0 atom stereocenters. The summed E-state index contributed by atoms with van der Waals surface area (Å²) in [5.74, 6) is -2.51. The lowest BCUT2D eigenvalue weighted by atomic mass is 10.1. The van der Waals surface area contributed by atoms with Crippen molar-refractivity contribution in [3.05, 3.63) is 89.2 Å². The van der Waals surface area contributed by atoms with Crippen molar-refractivity contribution in [2.24, 2.45) is 0 Å². The van der Waals surface area contributed by atoms with Gasteiger partial charge in [0, 0.05) is 51.7 Å². The van der Waals surface area contributed by atoms with Crippen molar-refractivity contribution < 1.29 is 23.1 Å². The van der Waals surface area contributed by atoms with Gasteiger partial charge in [-0.1, -0.05) is 18.2 Å². The molecule has 0 aliphatic carbocycles. The Kier molecular flexibility index (Phi) is 5.68. The molecule has 0 saturated heterocycles. The van der Waals surface area contributed by atoms with Gasteiger partial charge in [-0.2, -0.15) is 0 Å². The van der Waals surface area contributed by atoms with Gasteiger partial charge in [-0.15, -0.1) is 0 Å². The van der Waals surface area contributed by atoms with Crippen molar-refractivity contribution in [3.8, 4) is 5.88 Å². The third-order valence-corrected chi connectivity index (χ3v) is 5.15. The van der Waals surface area contributed by atoms with Crippen LogP contribution in [0.1, 0.15) is 21.6 Å². The van der Waals surface area contributed by atoms with Crippen LogP contribution in [0.3, 0.4) is 0 Å². The van der Waals surface area contributed by atoms with Gasteiger partial charge in [0.1, 0.15) is 11.6 Å². The van der Waals surface area contributed by atoms with Gasteiger partial charge in [0.15, 0.2) is 0 Å². The molecule has 0 aliphatic heterocycles. The first-order valence-corrected chi connectivity index (χ1v) is 9.76. The largest absolute Gasteiger partial charge is 0.481 e. The van der Waals surface area contributed by atoms with E-state index in [1.54, 1.807) is 30.3 Å². The molecule has 2 aromatic heterocycles. The number of anilines is 1. The number of fused-ring (bicyclic) bond motifs is 1. The van der Waals surface area contributed by atoms with E-state index >= 15 is 0 Å². The number of nitrogens with one attached hydrogen (secondary N) is 1. The van der Waals surface area contributed by atoms with E-state index in [1.807, 2.05) is 11.5 Å². The maximum atomic E-state index is 14.2. The molecule has 1 amide bonds. The zero-order valence-corrected chi connectivity index (χ0v) is 17.4. The lowest BCUT2D eigenvalue weighted by Gasteiger charge is -2.10. The van der Waals surface area contributed by atoms with Crippen LogP contribution in [0, 0.1) is 18.6 Å². The normalized spacial score (nSPS) is 10.9. The number of rotatable bonds is 6. The molecule has 0 saturated carbocycles. The highest BCUT2D eigenvalue weighted by molar-refractivity contribution is 6.48. The number of ether oxygens (including phenoxy) is 1. The van der Waals surface area contributed by atoms with Crippen LogP contribution in [-0.4, -0.2) is 28.4 Å². The number of pyridine rings is 1. The molecular weight excluding hydrogens is 416 g/mol. The molecule has 2 heterocycles. The van der Waals surface area contributed by atoms with E-state index < -0.39 is 23.3 Å². The summed E-state index contributed by atoms with van der Waals surface area (Å²) in [6, 6.07) is 13.3. The van der Waals surface area contributed by atoms with Gasteiger partial charge in [-0.05, 0) is 31.2 Å². The van der Waals surface area contributed by atoms with E-state index in [-0.39, 0.29) is 12.1 Å². The van der Waals surface area contributed by atoms with Crippen molar-refractivity contribution in [1.82, 2.24) is 9.55 Å². The number of halogens is 2. The molecule has 0 spiro atoms. The number of hydrogen-bond donors (Lipinski definition) is 1. The minimum absolute atomic E-state index is 0.155. The van der Waals surface area contributed by atoms with Gasteiger partial charge in [-0.3, -0.25) is 9.59 Å². The predicted octanol–water partition coefficient (Wildman–Crippen LogP) is 4.50. The second kappa shape index (κ2) is 8.58. The summed E-state index contributed by atoms with van der Waals surface area (Å²) < 4.78 is 34.3. The Hall–Kier alpha value is -4.07. The number of aryl methyl sites for hydroxylation is 1. The molecule has 32 heavy (non-hydrogen) atoms. The van der Waals surface area contributed by atoms with Crippen LogP contribution in [0.4, 0.5) is 14.5 Å². The third kappa shape index (κ3) is 4.07. The van der Waals surface area contributed by atoms with Crippen LogP contribution in [0.25, 0.3) is 10.9 Å². The minimum atomic E-state index is -0.805. The number of nitrogens with zero attached hydrogens (tertiary/aromatic N) is 2. The number of carbonyl (C=O) groups is 2. The average molecular weight is 435 g/mol. The second-order valence-corrected chi connectivity index (χ2v) is 7.22. The summed E-state index contributed by atoms with van der Waals surface area (Å²) in [4.78, 5) is 29.5. The molecule has 0 aliphatic rings. The highest BCUT2D eigenvalue weighted by atomic mass is 19.1. The maximum Gasteiger partial charge on any atom is 0.296 e. The molecule has 0 radical (unpaired) electrons. The molecule has 4 rings (SSSR count). The number of hydrogen-bond acceptors (Lipinski definition) is 4. The highest BCUT2D eigenvalue weighted by Crippen LogP contribution is 2.26. The van der Waals surface area contributed by atoms with Gasteiger partial charge in [0.2, 0.25) is 5.88 Å². The fraction of sp³-hybridized carbons (Fsp3) is 0.125. The molecule has 162 valence electrons. The Balaban J connectivity index is 1.65. The predicted molar refractivity (Wildman–Crippen MR) is 116 cm³/mol. The molecule has 0 fully saturated rings. The zero-order chi connectivity index (χ0) is 22.8. The van der Waals surface area contributed by atoms with Gasteiger partial charge in [0.25, 0.3) is 11.7 Å². The first kappa shape index (κ1) is 21.2. The van der Waals surface area contributed by atoms with Crippen LogP contribution < -0.4 is 10.1 Å². The number of benzene rings is 2. The highest BCUT2D eigenvalue weighted by Gasteiger charge is 2.21. The molecule has 4 aromatic rings. The number of carbonyl (C=O) groups excluding carboxylic acids is 2. The third-order valence-electron chi connectivity index (χ3n) is 5.15. The summed E-state index contributed by atoms with van der Waals surface area (Å²) in [6.07, 6.45) is 1.46. The maximum absolute atomic E-state index is 14.2. The Morgan fingerprint density at radius 2 is 1.91 bits per heavy atom. The van der Waals surface area contributed by atoms with E-state index in [0.29, 0.717) is 28.0 Å². The van der Waals surface area contributed by atoms with E-state index in [1.165, 1.54) is 31.5 Å². The lowest BCUT2D eigenvalue weighted by molar-refractivity contribution is -0.112. The number of methoxy groups -OCH3 is 1. The van der Waals surface area contributed by atoms with Gasteiger partial charge < -0.3 is 14.6 Å². The molecule has 0 unspecified atom stereocenters. The molecule has 1 N–H and O–H groups in total. The van der Waals surface area contributed by atoms with E-state index in [4.69, 9.17) is 4.74 Å². The fourth-order valence-corrected chi connectivity index (χ4v) is 3.55. The van der Waals surface area contributed by atoms with Crippen LogP contribution in [0.2, 0.25) is 0 Å². The molecule has 6 nitrogen and oxygen atoms in total. The summed E-state index contributed by atoms with van der Waals surface area (Å²) >= 11 is 0. The Morgan fingerprint density at radius 1 is 1.09 bits per heavy atom. The zero-order valence-electron chi connectivity index (χ0n) is 17.4. The first-order valence-electron chi connectivity index (χ1n) is 9.76. The quantitative estimate of drug-likeness (QED) is 0.358. The second-order valence-electron chi connectivity index (χ2n) is 7.22. The summed E-state index contributed by atoms with van der Waals surface area (Å²) in [6.45, 7) is 1.97. The summed E-state index contributed by atoms with van der Waals surface area (Å²) in [5.41, 5.74) is 2.34. The topological polar surface area (TPSA) is 73.2 Å². The van der Waals surface area contributed by atoms with Crippen molar-refractivity contribution >= 4 is 28.3 Å².